The molecule has 0 saturated carbocycles. The van der Waals surface area contributed by atoms with Crippen LogP contribution in [0.5, 0.6) is 0 Å². The van der Waals surface area contributed by atoms with E-state index in [0.29, 0.717) is 13.1 Å². The van der Waals surface area contributed by atoms with Crippen molar-refractivity contribution >= 4 is 11.8 Å². The minimum Gasteiger partial charge on any atom is -0.355 e. The van der Waals surface area contributed by atoms with Gasteiger partial charge in [0.25, 0.3) is 5.91 Å². The number of nitrogens with one attached hydrogen (secondary N) is 2. The van der Waals surface area contributed by atoms with Crippen LogP contribution in [0.2, 0.25) is 0 Å². The van der Waals surface area contributed by atoms with Crippen molar-refractivity contribution in [2.24, 2.45) is 0 Å². The summed E-state index contributed by atoms with van der Waals surface area (Å²) in [6.45, 7) is 3.79. The molecule has 4 rings (SSSR count). The number of piperidine rings is 1. The minimum atomic E-state index is -3.70. The Morgan fingerprint density at radius 3 is 2.80 bits per heavy atom. The van der Waals surface area contributed by atoms with E-state index >= 15 is 0 Å². The molecule has 2 aromatic rings. The van der Waals surface area contributed by atoms with Crippen LogP contribution in [0.25, 0.3) is 0 Å². The molecular weight excluding hydrogens is 390 g/mol. The number of halogens is 2. The first-order valence-electron chi connectivity index (χ1n) is 10.1. The summed E-state index contributed by atoms with van der Waals surface area (Å²) < 4.78 is 28.8. The van der Waals surface area contributed by atoms with Crippen molar-refractivity contribution in [3.8, 4) is 0 Å². The van der Waals surface area contributed by atoms with E-state index in [4.69, 9.17) is 0 Å². The zero-order valence-electron chi connectivity index (χ0n) is 16.8. The largest absolute Gasteiger partial charge is 0.366 e. The Morgan fingerprint density at radius 1 is 1.27 bits per heavy atom. The molecule has 0 aliphatic carbocycles. The third kappa shape index (κ3) is 4.05. The maximum Gasteiger partial charge on any atom is 0.366 e. The van der Waals surface area contributed by atoms with Gasteiger partial charge in [0.2, 0.25) is 5.91 Å². The smallest absolute Gasteiger partial charge is 0.355 e. The molecule has 3 heterocycles. The number of amides is 2. The first-order valence-corrected chi connectivity index (χ1v) is 10.1. The summed E-state index contributed by atoms with van der Waals surface area (Å²) in [6.07, 6.45) is 3.12. The van der Waals surface area contributed by atoms with Crippen LogP contribution in [0.4, 0.5) is 8.78 Å². The van der Waals surface area contributed by atoms with Crippen molar-refractivity contribution < 1.29 is 18.4 Å². The predicted molar refractivity (Wildman–Crippen MR) is 106 cm³/mol. The fourth-order valence-electron chi connectivity index (χ4n) is 3.97. The van der Waals surface area contributed by atoms with Gasteiger partial charge in [-0.3, -0.25) is 19.5 Å². The number of nitrogens with zero attached hydrogens (tertiary/aromatic N) is 2. The Balaban J connectivity index is 1.39. The Morgan fingerprint density at radius 2 is 2.07 bits per heavy atom. The highest BCUT2D eigenvalue weighted by molar-refractivity contribution is 5.84. The van der Waals surface area contributed by atoms with Crippen molar-refractivity contribution in [1.82, 2.24) is 20.5 Å². The van der Waals surface area contributed by atoms with Gasteiger partial charge in [-0.25, -0.2) is 0 Å². The quantitative estimate of drug-likeness (QED) is 0.788. The molecule has 1 atom stereocenters. The molecule has 30 heavy (non-hydrogen) atoms. The van der Waals surface area contributed by atoms with Crippen LogP contribution >= 0.6 is 0 Å². The Bertz CT molecular complexity index is 962. The van der Waals surface area contributed by atoms with Crippen molar-refractivity contribution in [3.05, 3.63) is 64.5 Å². The monoisotopic (exact) mass is 414 g/mol. The van der Waals surface area contributed by atoms with Gasteiger partial charge in [-0.2, -0.15) is 8.78 Å². The van der Waals surface area contributed by atoms with Gasteiger partial charge in [0, 0.05) is 32.4 Å². The summed E-state index contributed by atoms with van der Waals surface area (Å²) in [6, 6.07) is 8.22. The molecule has 0 radical (unpaired) electrons. The lowest BCUT2D eigenvalue weighted by Crippen LogP contribution is -2.48. The molecule has 0 spiro atoms. The highest BCUT2D eigenvalue weighted by Crippen LogP contribution is 2.29. The van der Waals surface area contributed by atoms with Gasteiger partial charge in [-0.15, -0.1) is 0 Å². The molecule has 2 amide bonds. The van der Waals surface area contributed by atoms with E-state index < -0.39 is 17.5 Å². The van der Waals surface area contributed by atoms with E-state index in [9.17, 15) is 18.4 Å². The number of hydrogen-bond acceptors (Lipinski definition) is 4. The molecular formula is C22H24F2N4O2. The van der Waals surface area contributed by atoms with Gasteiger partial charge in [0.1, 0.15) is 5.69 Å². The van der Waals surface area contributed by atoms with Crippen LogP contribution in [0.1, 0.15) is 40.8 Å². The summed E-state index contributed by atoms with van der Waals surface area (Å²) in [4.78, 5) is 30.0. The zero-order chi connectivity index (χ0) is 21.3. The lowest BCUT2D eigenvalue weighted by atomic mass is 10.1. The molecule has 1 fully saturated rings. The Hall–Kier alpha value is -2.87. The fourth-order valence-corrected chi connectivity index (χ4v) is 3.97. The van der Waals surface area contributed by atoms with Crippen molar-refractivity contribution in [3.63, 3.8) is 0 Å². The van der Waals surface area contributed by atoms with Crippen LogP contribution in [0, 0.1) is 6.92 Å². The number of carbonyl (C=O) groups is 2. The Labute approximate surface area is 173 Å². The molecule has 0 bridgehead atoms. The van der Waals surface area contributed by atoms with Gasteiger partial charge in [-0.05, 0) is 48.1 Å². The van der Waals surface area contributed by atoms with E-state index in [1.54, 1.807) is 6.92 Å². The summed E-state index contributed by atoms with van der Waals surface area (Å²) in [5.74, 6) is -5.01. The lowest BCUT2D eigenvalue weighted by Gasteiger charge is -2.29. The minimum absolute atomic E-state index is 0.00250. The number of benzene rings is 1. The van der Waals surface area contributed by atoms with Crippen LogP contribution < -0.4 is 10.6 Å². The highest BCUT2D eigenvalue weighted by Gasteiger charge is 2.42. The molecule has 8 heteroatoms. The topological polar surface area (TPSA) is 74.3 Å². The summed E-state index contributed by atoms with van der Waals surface area (Å²) in [7, 11) is 0. The third-order valence-electron chi connectivity index (χ3n) is 5.69. The normalized spacial score (nSPS) is 19.3. The maximum atomic E-state index is 14.4. The zero-order valence-corrected chi connectivity index (χ0v) is 16.8. The fraction of sp³-hybridized carbons (Fsp3) is 0.409. The summed E-state index contributed by atoms with van der Waals surface area (Å²) >= 11 is 0. The van der Waals surface area contributed by atoms with Gasteiger partial charge in [0.15, 0.2) is 0 Å². The van der Waals surface area contributed by atoms with E-state index in [2.05, 4.69) is 20.5 Å². The number of fused-ring (bicyclic) bond motifs is 1. The molecule has 2 N–H and O–H groups in total. The number of pyridine rings is 1. The molecule has 158 valence electrons. The number of alkyl halides is 2. The SMILES string of the molecule is Cc1ccc(C(F)(F)C(=O)NCc2ccc3c(c2)CN(C2CCCNC2=O)C3)nc1. The van der Waals surface area contributed by atoms with Gasteiger partial charge < -0.3 is 10.6 Å². The van der Waals surface area contributed by atoms with E-state index in [0.717, 1.165) is 41.6 Å². The standard InChI is InChI=1S/C22H24F2N4O2/c1-14-4-7-19(26-10-14)22(23,24)21(30)27-11-15-5-6-16-12-28(13-17(16)9-15)18-3-2-8-25-20(18)29/h4-7,9-10,18H,2-3,8,11-13H2,1H3,(H,25,29)(H,27,30). The maximum absolute atomic E-state index is 14.4. The summed E-state index contributed by atoms with van der Waals surface area (Å²) in [5, 5.41) is 5.22. The highest BCUT2D eigenvalue weighted by atomic mass is 19.3. The molecule has 1 unspecified atom stereocenters. The number of aryl methyl sites for hydroxylation is 1. The third-order valence-corrected chi connectivity index (χ3v) is 5.69. The van der Waals surface area contributed by atoms with E-state index in [1.807, 2.05) is 18.2 Å². The average molecular weight is 414 g/mol. The second-order valence-electron chi connectivity index (χ2n) is 7.93. The van der Waals surface area contributed by atoms with Gasteiger partial charge in [-0.1, -0.05) is 24.3 Å². The molecule has 1 aromatic carbocycles. The molecule has 2 aliphatic rings. The van der Waals surface area contributed by atoms with Crippen LogP contribution in [0.3, 0.4) is 0 Å². The van der Waals surface area contributed by atoms with Crippen molar-refractivity contribution in [2.75, 3.05) is 6.54 Å². The van der Waals surface area contributed by atoms with Crippen molar-refractivity contribution in [1.29, 1.82) is 0 Å². The molecule has 1 saturated heterocycles. The predicted octanol–water partition coefficient (Wildman–Crippen LogP) is 2.39. The van der Waals surface area contributed by atoms with Crippen LogP contribution in [0.15, 0.2) is 36.5 Å². The molecule has 1 aromatic heterocycles. The van der Waals surface area contributed by atoms with Crippen molar-refractivity contribution in [2.45, 2.75) is 51.4 Å². The number of hydrogen-bond donors (Lipinski definition) is 2. The second-order valence-corrected chi connectivity index (χ2v) is 7.93. The number of aromatic nitrogens is 1. The first-order chi connectivity index (χ1) is 14.3. The van der Waals surface area contributed by atoms with Gasteiger partial charge >= 0.3 is 5.92 Å². The average Bonchev–Trinajstić information content (AvgIpc) is 3.15. The number of rotatable bonds is 5. The Kier molecular flexibility index (Phi) is 5.51. The molecule has 2 aliphatic heterocycles. The summed E-state index contributed by atoms with van der Waals surface area (Å²) in [5.41, 5.74) is 3.10. The lowest BCUT2D eigenvalue weighted by molar-refractivity contribution is -0.147. The van der Waals surface area contributed by atoms with Gasteiger partial charge in [0.05, 0.1) is 6.04 Å². The van der Waals surface area contributed by atoms with E-state index in [-0.39, 0.29) is 18.5 Å². The van der Waals surface area contributed by atoms with E-state index in [1.165, 1.54) is 18.3 Å². The molecule has 6 nitrogen and oxygen atoms in total. The number of carbonyl (C=O) groups excluding carboxylic acids is 2. The van der Waals surface area contributed by atoms with Crippen LogP contribution in [-0.4, -0.2) is 34.3 Å². The second kappa shape index (κ2) is 8.10. The first kappa shape index (κ1) is 20.4. The van der Waals surface area contributed by atoms with Crippen LogP contribution in [-0.2, 0) is 35.1 Å².